The summed E-state index contributed by atoms with van der Waals surface area (Å²) >= 11 is 1.35. The fraction of sp³-hybridized carbons (Fsp3) is 0.320. The number of fused-ring (bicyclic) bond motifs is 1. The molecule has 182 valence electrons. The predicted molar refractivity (Wildman–Crippen MR) is 131 cm³/mol. The van der Waals surface area contributed by atoms with Gasteiger partial charge in [0.05, 0.1) is 22.2 Å². The lowest BCUT2D eigenvalue weighted by Gasteiger charge is -2.27. The summed E-state index contributed by atoms with van der Waals surface area (Å²) in [6.07, 6.45) is 1.15. The van der Waals surface area contributed by atoms with Crippen molar-refractivity contribution in [3.8, 4) is 6.07 Å². The third-order valence-corrected chi connectivity index (χ3v) is 8.10. The van der Waals surface area contributed by atoms with E-state index >= 15 is 0 Å². The second kappa shape index (κ2) is 9.85. The van der Waals surface area contributed by atoms with E-state index in [1.807, 2.05) is 6.07 Å². The van der Waals surface area contributed by atoms with E-state index in [0.29, 0.717) is 18.1 Å². The lowest BCUT2D eigenvalue weighted by molar-refractivity contribution is 0.0949. The molecule has 10 heteroatoms. The number of nitrogens with one attached hydrogen (secondary N) is 1. The third-order valence-electron chi connectivity index (χ3n) is 5.92. The molecule has 4 rings (SSSR count). The molecule has 2 heterocycles. The number of halogens is 1. The Hall–Kier alpha value is -3.13. The smallest absolute Gasteiger partial charge is 0.280 e. The van der Waals surface area contributed by atoms with Crippen molar-refractivity contribution in [1.82, 2.24) is 15.2 Å². The van der Waals surface area contributed by atoms with Crippen LogP contribution in [-0.2, 0) is 29.5 Å². The van der Waals surface area contributed by atoms with E-state index in [4.69, 9.17) is 5.26 Å². The van der Waals surface area contributed by atoms with E-state index in [-0.39, 0.29) is 34.9 Å². The standard InChI is InChI=1S/C25H25FN4O3S2/c1-15(2)23-22-21(14-30(23)13-17-4-7-18(11-27)20(26)10-17)34-25(29-22)24(31)28-12-16-5-8-19(9-6-16)35(3,32)33/h4-10,15,23H,12-14H2,1-3H3,(H,28,31). The van der Waals surface area contributed by atoms with Crippen LogP contribution in [0.15, 0.2) is 47.4 Å². The zero-order valence-corrected chi connectivity index (χ0v) is 21.2. The van der Waals surface area contributed by atoms with Gasteiger partial charge in [0.25, 0.3) is 5.91 Å². The maximum atomic E-state index is 14.1. The minimum absolute atomic E-state index is 0.00922. The molecular formula is C25H25FN4O3S2. The highest BCUT2D eigenvalue weighted by molar-refractivity contribution is 7.90. The van der Waals surface area contributed by atoms with Crippen LogP contribution in [0.3, 0.4) is 0 Å². The number of carbonyl (C=O) groups excluding carboxylic acids is 1. The Balaban J connectivity index is 1.44. The molecule has 3 aromatic rings. The minimum atomic E-state index is -3.27. The van der Waals surface area contributed by atoms with E-state index in [1.165, 1.54) is 35.6 Å². The summed E-state index contributed by atoms with van der Waals surface area (Å²) < 4.78 is 37.3. The number of nitriles is 1. The molecular weight excluding hydrogens is 487 g/mol. The molecule has 7 nitrogen and oxygen atoms in total. The first-order valence-electron chi connectivity index (χ1n) is 11.1. The number of nitrogens with zero attached hydrogens (tertiary/aromatic N) is 3. The number of hydrogen-bond acceptors (Lipinski definition) is 7. The quantitative estimate of drug-likeness (QED) is 0.509. The Morgan fingerprint density at radius 3 is 2.54 bits per heavy atom. The number of rotatable bonds is 7. The van der Waals surface area contributed by atoms with Gasteiger partial charge in [-0.2, -0.15) is 5.26 Å². The summed E-state index contributed by atoms with van der Waals surface area (Å²) in [6.45, 7) is 5.56. The lowest BCUT2D eigenvalue weighted by atomic mass is 10.0. The van der Waals surface area contributed by atoms with Gasteiger partial charge in [-0.05, 0) is 41.3 Å². The first-order chi connectivity index (χ1) is 16.6. The number of benzene rings is 2. The van der Waals surface area contributed by atoms with Gasteiger partial charge in [0.15, 0.2) is 14.8 Å². The van der Waals surface area contributed by atoms with E-state index < -0.39 is 15.7 Å². The average molecular weight is 513 g/mol. The van der Waals surface area contributed by atoms with Crippen molar-refractivity contribution in [1.29, 1.82) is 5.26 Å². The molecule has 0 spiro atoms. The Kier molecular flexibility index (Phi) is 7.03. The van der Waals surface area contributed by atoms with E-state index in [0.717, 1.165) is 28.0 Å². The number of aromatic nitrogens is 1. The van der Waals surface area contributed by atoms with Gasteiger partial charge in [-0.15, -0.1) is 11.3 Å². The van der Waals surface area contributed by atoms with Crippen LogP contribution in [-0.4, -0.2) is 30.5 Å². The SMILES string of the molecule is CC(C)C1c2nc(C(=O)NCc3ccc(S(C)(=O)=O)cc3)sc2CN1Cc1ccc(C#N)c(F)c1. The zero-order chi connectivity index (χ0) is 25.3. The van der Waals surface area contributed by atoms with Crippen molar-refractivity contribution in [2.75, 3.05) is 6.26 Å². The largest absolute Gasteiger partial charge is 0.346 e. The topological polar surface area (TPSA) is 103 Å². The Bertz CT molecular complexity index is 1410. The van der Waals surface area contributed by atoms with Crippen LogP contribution in [0.5, 0.6) is 0 Å². The van der Waals surface area contributed by atoms with Gasteiger partial charge < -0.3 is 5.32 Å². The van der Waals surface area contributed by atoms with Crippen molar-refractivity contribution < 1.29 is 17.6 Å². The van der Waals surface area contributed by atoms with Crippen LogP contribution in [0, 0.1) is 23.1 Å². The fourth-order valence-corrected chi connectivity index (χ4v) is 5.92. The van der Waals surface area contributed by atoms with Crippen LogP contribution in [0.25, 0.3) is 0 Å². The molecule has 0 saturated carbocycles. The summed E-state index contributed by atoms with van der Waals surface area (Å²) in [5, 5.41) is 12.2. The van der Waals surface area contributed by atoms with Gasteiger partial charge in [0.2, 0.25) is 0 Å². The van der Waals surface area contributed by atoms with Crippen LogP contribution >= 0.6 is 11.3 Å². The first kappa shape index (κ1) is 25.0. The van der Waals surface area contributed by atoms with E-state index in [2.05, 4.69) is 29.0 Å². The summed E-state index contributed by atoms with van der Waals surface area (Å²) in [4.78, 5) is 20.9. The zero-order valence-electron chi connectivity index (χ0n) is 19.6. The van der Waals surface area contributed by atoms with Crippen molar-refractivity contribution in [3.05, 3.63) is 80.6 Å². The Morgan fingerprint density at radius 2 is 1.94 bits per heavy atom. The van der Waals surface area contributed by atoms with Crippen LogP contribution in [0.4, 0.5) is 4.39 Å². The molecule has 1 atom stereocenters. The Morgan fingerprint density at radius 1 is 1.26 bits per heavy atom. The fourth-order valence-electron chi connectivity index (χ4n) is 4.25. The van der Waals surface area contributed by atoms with E-state index in [1.54, 1.807) is 18.2 Å². The molecule has 1 unspecified atom stereocenters. The van der Waals surface area contributed by atoms with Gasteiger partial charge in [0.1, 0.15) is 11.9 Å². The summed E-state index contributed by atoms with van der Waals surface area (Å²) in [5.41, 5.74) is 2.47. The number of sulfone groups is 1. The molecule has 0 saturated heterocycles. The maximum absolute atomic E-state index is 14.1. The van der Waals surface area contributed by atoms with Gasteiger partial charge in [-0.1, -0.05) is 32.0 Å². The molecule has 35 heavy (non-hydrogen) atoms. The highest BCUT2D eigenvalue weighted by Gasteiger charge is 2.36. The monoisotopic (exact) mass is 512 g/mol. The van der Waals surface area contributed by atoms with Gasteiger partial charge in [-0.25, -0.2) is 17.8 Å². The van der Waals surface area contributed by atoms with Crippen molar-refractivity contribution in [2.45, 2.75) is 44.4 Å². The molecule has 1 amide bonds. The molecule has 0 fully saturated rings. The number of hydrogen-bond donors (Lipinski definition) is 1. The average Bonchev–Trinajstić information content (AvgIpc) is 3.34. The summed E-state index contributed by atoms with van der Waals surface area (Å²) in [6, 6.07) is 12.9. The van der Waals surface area contributed by atoms with Gasteiger partial charge in [-0.3, -0.25) is 9.69 Å². The van der Waals surface area contributed by atoms with Crippen LogP contribution < -0.4 is 5.32 Å². The molecule has 0 aliphatic carbocycles. The Labute approximate surface area is 208 Å². The van der Waals surface area contributed by atoms with Gasteiger partial charge >= 0.3 is 0 Å². The molecule has 1 aliphatic heterocycles. The molecule has 1 N–H and O–H groups in total. The van der Waals surface area contributed by atoms with Crippen LogP contribution in [0.2, 0.25) is 0 Å². The third kappa shape index (κ3) is 5.42. The van der Waals surface area contributed by atoms with Crippen molar-refractivity contribution in [3.63, 3.8) is 0 Å². The van der Waals surface area contributed by atoms with Crippen LogP contribution in [0.1, 0.15) is 57.0 Å². The molecule has 0 radical (unpaired) electrons. The second-order valence-corrected chi connectivity index (χ2v) is 12.0. The molecule has 1 aliphatic rings. The maximum Gasteiger partial charge on any atom is 0.280 e. The second-order valence-electron chi connectivity index (χ2n) is 8.95. The minimum Gasteiger partial charge on any atom is -0.346 e. The lowest BCUT2D eigenvalue weighted by Crippen LogP contribution is -2.27. The van der Waals surface area contributed by atoms with Gasteiger partial charge in [0, 0.05) is 30.8 Å². The highest BCUT2D eigenvalue weighted by Crippen LogP contribution is 2.41. The van der Waals surface area contributed by atoms with Crippen molar-refractivity contribution in [2.24, 2.45) is 5.92 Å². The highest BCUT2D eigenvalue weighted by atomic mass is 32.2. The molecule has 0 bridgehead atoms. The van der Waals surface area contributed by atoms with Crippen molar-refractivity contribution >= 4 is 27.1 Å². The summed E-state index contributed by atoms with van der Waals surface area (Å²) in [5.74, 6) is -0.575. The number of thiazole rings is 1. The predicted octanol–water partition coefficient (Wildman–Crippen LogP) is 4.20. The normalized spacial score (nSPS) is 15.7. The first-order valence-corrected chi connectivity index (χ1v) is 13.8. The number of amides is 1. The molecule has 1 aromatic heterocycles. The number of carbonyl (C=O) groups is 1. The summed E-state index contributed by atoms with van der Waals surface area (Å²) in [7, 11) is -3.27. The molecule has 2 aromatic carbocycles. The van der Waals surface area contributed by atoms with E-state index in [9.17, 15) is 17.6 Å².